The largest absolute Gasteiger partial charge is 0.435 e. The zero-order valence-corrected chi connectivity index (χ0v) is 11.4. The summed E-state index contributed by atoms with van der Waals surface area (Å²) in [5, 5.41) is 6.61. The van der Waals surface area contributed by atoms with Crippen LogP contribution in [-0.4, -0.2) is 35.0 Å². The molecular weight excluding hydrogens is 285 g/mol. The molecule has 2 rings (SSSR count). The van der Waals surface area contributed by atoms with Crippen molar-refractivity contribution in [1.29, 1.82) is 0 Å². The normalized spacial score (nSPS) is 11.8. The van der Waals surface area contributed by atoms with E-state index in [1.807, 2.05) is 0 Å². The van der Waals surface area contributed by atoms with Crippen LogP contribution in [0.1, 0.15) is 11.3 Å². The SMILES string of the molecule is COCCNCc1ccc(-n2ccc(C(F)(F)F)n2)nc1. The molecule has 0 aliphatic rings. The van der Waals surface area contributed by atoms with Crippen molar-refractivity contribution in [1.82, 2.24) is 20.1 Å². The Morgan fingerprint density at radius 2 is 2.10 bits per heavy atom. The molecule has 2 aromatic rings. The fourth-order valence-corrected chi connectivity index (χ4v) is 1.67. The third-order valence-electron chi connectivity index (χ3n) is 2.74. The minimum Gasteiger partial charge on any atom is -0.383 e. The monoisotopic (exact) mass is 300 g/mol. The first-order valence-corrected chi connectivity index (χ1v) is 6.28. The van der Waals surface area contributed by atoms with Crippen molar-refractivity contribution in [3.05, 3.63) is 41.9 Å². The Morgan fingerprint density at radius 3 is 2.67 bits per heavy atom. The maximum atomic E-state index is 12.5. The molecule has 114 valence electrons. The first kappa shape index (κ1) is 15.5. The number of ether oxygens (including phenoxy) is 1. The van der Waals surface area contributed by atoms with Crippen molar-refractivity contribution in [2.75, 3.05) is 20.3 Å². The second-order valence-corrected chi connectivity index (χ2v) is 4.34. The summed E-state index contributed by atoms with van der Waals surface area (Å²) in [7, 11) is 1.62. The summed E-state index contributed by atoms with van der Waals surface area (Å²) in [5.74, 6) is 0.339. The highest BCUT2D eigenvalue weighted by Crippen LogP contribution is 2.27. The predicted octanol–water partition coefficient (Wildman–Crippen LogP) is 2.02. The number of rotatable bonds is 6. The number of aromatic nitrogens is 3. The van der Waals surface area contributed by atoms with Crippen molar-refractivity contribution in [3.8, 4) is 5.82 Å². The molecule has 2 aromatic heterocycles. The number of methoxy groups -OCH3 is 1. The lowest BCUT2D eigenvalue weighted by Gasteiger charge is -2.05. The van der Waals surface area contributed by atoms with Crippen LogP contribution < -0.4 is 5.32 Å². The second-order valence-electron chi connectivity index (χ2n) is 4.34. The van der Waals surface area contributed by atoms with Crippen molar-refractivity contribution in [2.45, 2.75) is 12.7 Å². The molecule has 0 aliphatic heterocycles. The van der Waals surface area contributed by atoms with E-state index in [1.165, 1.54) is 6.20 Å². The van der Waals surface area contributed by atoms with Gasteiger partial charge in [-0.1, -0.05) is 6.07 Å². The fourth-order valence-electron chi connectivity index (χ4n) is 1.67. The molecule has 0 spiro atoms. The van der Waals surface area contributed by atoms with Crippen LogP contribution in [0.3, 0.4) is 0 Å². The van der Waals surface area contributed by atoms with E-state index < -0.39 is 11.9 Å². The van der Waals surface area contributed by atoms with Crippen molar-refractivity contribution in [3.63, 3.8) is 0 Å². The first-order chi connectivity index (χ1) is 10.0. The van der Waals surface area contributed by atoms with Crippen LogP contribution in [-0.2, 0) is 17.5 Å². The van der Waals surface area contributed by atoms with Gasteiger partial charge in [0.2, 0.25) is 0 Å². The van der Waals surface area contributed by atoms with Crippen LogP contribution in [0.4, 0.5) is 13.2 Å². The van der Waals surface area contributed by atoms with Crippen LogP contribution in [0.5, 0.6) is 0 Å². The van der Waals surface area contributed by atoms with Gasteiger partial charge in [0, 0.05) is 32.6 Å². The summed E-state index contributed by atoms with van der Waals surface area (Å²) in [6.07, 6.45) is -1.61. The summed E-state index contributed by atoms with van der Waals surface area (Å²) in [4.78, 5) is 4.11. The number of nitrogens with one attached hydrogen (secondary N) is 1. The smallest absolute Gasteiger partial charge is 0.383 e. The molecule has 0 atom stereocenters. The molecule has 5 nitrogen and oxygen atoms in total. The van der Waals surface area contributed by atoms with Gasteiger partial charge in [-0.2, -0.15) is 18.3 Å². The number of hydrogen-bond acceptors (Lipinski definition) is 4. The number of halogens is 3. The molecule has 0 amide bonds. The van der Waals surface area contributed by atoms with E-state index in [-0.39, 0.29) is 0 Å². The molecule has 0 saturated carbocycles. The Kier molecular flexibility index (Phi) is 4.92. The maximum Gasteiger partial charge on any atom is 0.435 e. The Hall–Kier alpha value is -1.93. The third kappa shape index (κ3) is 4.27. The van der Waals surface area contributed by atoms with E-state index in [4.69, 9.17) is 4.74 Å². The third-order valence-corrected chi connectivity index (χ3v) is 2.74. The fraction of sp³-hybridized carbons (Fsp3) is 0.385. The van der Waals surface area contributed by atoms with Gasteiger partial charge in [-0.3, -0.25) is 0 Å². The van der Waals surface area contributed by atoms with Crippen molar-refractivity contribution < 1.29 is 17.9 Å². The topological polar surface area (TPSA) is 52.0 Å². The van der Waals surface area contributed by atoms with Crippen LogP contribution in [0.15, 0.2) is 30.6 Å². The molecular formula is C13H15F3N4O. The molecule has 2 heterocycles. The molecule has 0 aliphatic carbocycles. The van der Waals surface area contributed by atoms with Gasteiger partial charge in [-0.15, -0.1) is 0 Å². The van der Waals surface area contributed by atoms with Crippen LogP contribution in [0, 0.1) is 0 Å². The van der Waals surface area contributed by atoms with Crippen LogP contribution >= 0.6 is 0 Å². The first-order valence-electron chi connectivity index (χ1n) is 6.28. The van der Waals surface area contributed by atoms with E-state index in [1.54, 1.807) is 25.4 Å². The molecule has 0 bridgehead atoms. The van der Waals surface area contributed by atoms with Gasteiger partial charge in [0.15, 0.2) is 11.5 Å². The van der Waals surface area contributed by atoms with Gasteiger partial charge >= 0.3 is 6.18 Å². The van der Waals surface area contributed by atoms with Crippen LogP contribution in [0.25, 0.3) is 5.82 Å². The Bertz CT molecular complexity index is 566. The highest BCUT2D eigenvalue weighted by atomic mass is 19.4. The zero-order chi connectivity index (χ0) is 15.3. The van der Waals surface area contributed by atoms with Gasteiger partial charge in [-0.25, -0.2) is 9.67 Å². The Morgan fingerprint density at radius 1 is 1.29 bits per heavy atom. The zero-order valence-electron chi connectivity index (χ0n) is 11.4. The molecule has 0 saturated heterocycles. The van der Waals surface area contributed by atoms with Crippen molar-refractivity contribution >= 4 is 0 Å². The average Bonchev–Trinajstić information content (AvgIpc) is 2.94. The quantitative estimate of drug-likeness (QED) is 0.829. The van der Waals surface area contributed by atoms with Gasteiger partial charge in [0.1, 0.15) is 0 Å². The molecule has 0 radical (unpaired) electrons. The highest BCUT2D eigenvalue weighted by Gasteiger charge is 2.33. The van der Waals surface area contributed by atoms with Crippen molar-refractivity contribution in [2.24, 2.45) is 0 Å². The number of alkyl halides is 3. The van der Waals surface area contributed by atoms with E-state index in [9.17, 15) is 13.2 Å². The second kappa shape index (κ2) is 6.68. The standard InChI is InChI=1S/C13H15F3N4O/c1-21-7-5-17-8-10-2-3-12(18-9-10)20-6-4-11(19-20)13(14,15)16/h2-4,6,9,17H,5,7-8H2,1H3. The molecule has 8 heteroatoms. The van der Waals surface area contributed by atoms with Gasteiger partial charge in [-0.05, 0) is 17.7 Å². The number of pyridine rings is 1. The molecule has 0 unspecified atom stereocenters. The molecule has 21 heavy (non-hydrogen) atoms. The number of nitrogens with zero attached hydrogens (tertiary/aromatic N) is 3. The molecule has 0 aromatic carbocycles. The summed E-state index contributed by atoms with van der Waals surface area (Å²) in [6.45, 7) is 1.94. The minimum absolute atomic E-state index is 0.339. The van der Waals surface area contributed by atoms with E-state index in [2.05, 4.69) is 15.4 Å². The Labute approximate surface area is 119 Å². The molecule has 1 N–H and O–H groups in total. The number of hydrogen-bond donors (Lipinski definition) is 1. The summed E-state index contributed by atoms with van der Waals surface area (Å²) < 4.78 is 43.4. The lowest BCUT2D eigenvalue weighted by Crippen LogP contribution is -2.18. The lowest BCUT2D eigenvalue weighted by molar-refractivity contribution is -0.141. The molecule has 0 fully saturated rings. The summed E-state index contributed by atoms with van der Waals surface area (Å²) in [5.41, 5.74) is -0.00679. The van der Waals surface area contributed by atoms with E-state index in [0.717, 1.165) is 16.3 Å². The lowest BCUT2D eigenvalue weighted by atomic mass is 10.3. The summed E-state index contributed by atoms with van der Waals surface area (Å²) >= 11 is 0. The Balaban J connectivity index is 2.00. The van der Waals surface area contributed by atoms with E-state index >= 15 is 0 Å². The minimum atomic E-state index is -4.45. The highest BCUT2D eigenvalue weighted by molar-refractivity contribution is 5.25. The van der Waals surface area contributed by atoms with Gasteiger partial charge in [0.05, 0.1) is 6.61 Å². The maximum absolute atomic E-state index is 12.5. The van der Waals surface area contributed by atoms with E-state index in [0.29, 0.717) is 25.5 Å². The predicted molar refractivity (Wildman–Crippen MR) is 69.9 cm³/mol. The van der Waals surface area contributed by atoms with Crippen LogP contribution in [0.2, 0.25) is 0 Å². The average molecular weight is 300 g/mol. The summed E-state index contributed by atoms with van der Waals surface area (Å²) in [6, 6.07) is 4.33. The van der Waals surface area contributed by atoms with Gasteiger partial charge in [0.25, 0.3) is 0 Å². The van der Waals surface area contributed by atoms with Gasteiger partial charge < -0.3 is 10.1 Å².